The van der Waals surface area contributed by atoms with Gasteiger partial charge in [0.25, 0.3) is 0 Å². The number of nitrogens with zero attached hydrogens (tertiary/aromatic N) is 2. The molecule has 0 aliphatic heterocycles. The molecular weight excluding hydrogens is 314 g/mol. The predicted molar refractivity (Wildman–Crippen MR) is 76.7 cm³/mol. The average molecular weight is 328 g/mol. The fourth-order valence-corrected chi connectivity index (χ4v) is 2.38. The van der Waals surface area contributed by atoms with Crippen LogP contribution in [0.15, 0.2) is 28.7 Å². The molecule has 4 nitrogen and oxygen atoms in total. The Kier molecular flexibility index (Phi) is 5.10. The van der Waals surface area contributed by atoms with Crippen LogP contribution in [-0.4, -0.2) is 16.7 Å². The van der Waals surface area contributed by atoms with Crippen LogP contribution in [0.4, 0.5) is 5.13 Å². The van der Waals surface area contributed by atoms with E-state index in [1.54, 1.807) is 0 Å². The molecule has 0 aliphatic rings. The lowest BCUT2D eigenvalue weighted by Gasteiger charge is -2.02. The monoisotopic (exact) mass is 327 g/mol. The molecule has 0 saturated carbocycles. The number of hydrogen-bond donors (Lipinski definition) is 1. The van der Waals surface area contributed by atoms with Crippen LogP contribution in [-0.2, 0) is 18.0 Å². The lowest BCUT2D eigenvalue weighted by atomic mass is 10.2. The minimum absolute atomic E-state index is 0.499. The first-order valence-electron chi connectivity index (χ1n) is 5.66. The third kappa shape index (κ3) is 4.04. The second-order valence-electron chi connectivity index (χ2n) is 3.65. The summed E-state index contributed by atoms with van der Waals surface area (Å²) in [6.45, 7) is 3.97. The highest BCUT2D eigenvalue weighted by Gasteiger charge is 2.03. The Hall–Kier alpha value is -0.980. The molecule has 2 aromatic rings. The molecule has 0 saturated heterocycles. The van der Waals surface area contributed by atoms with Gasteiger partial charge < -0.3 is 10.1 Å². The molecule has 1 N–H and O–H groups in total. The van der Waals surface area contributed by atoms with Crippen molar-refractivity contribution < 1.29 is 4.74 Å². The van der Waals surface area contributed by atoms with E-state index in [9.17, 15) is 0 Å². The van der Waals surface area contributed by atoms with Crippen LogP contribution >= 0.6 is 27.3 Å². The zero-order valence-corrected chi connectivity index (χ0v) is 12.4. The number of halogens is 1. The largest absolute Gasteiger partial charge is 0.370 e. The first-order valence-corrected chi connectivity index (χ1v) is 7.27. The van der Waals surface area contributed by atoms with E-state index in [1.165, 1.54) is 11.3 Å². The number of anilines is 1. The zero-order valence-electron chi connectivity index (χ0n) is 10.0. The maximum atomic E-state index is 5.60. The lowest BCUT2D eigenvalue weighted by molar-refractivity contribution is 0.106. The summed E-state index contributed by atoms with van der Waals surface area (Å²) < 4.78 is 6.68. The number of hydrogen-bond acceptors (Lipinski definition) is 5. The van der Waals surface area contributed by atoms with Gasteiger partial charge in [0.05, 0.1) is 6.61 Å². The molecule has 0 fully saturated rings. The number of aromatic nitrogens is 2. The van der Waals surface area contributed by atoms with Gasteiger partial charge in [0.2, 0.25) is 5.13 Å². The van der Waals surface area contributed by atoms with Crippen LogP contribution in [0.3, 0.4) is 0 Å². The van der Waals surface area contributed by atoms with E-state index in [-0.39, 0.29) is 0 Å². The fourth-order valence-electron chi connectivity index (χ4n) is 1.37. The molecule has 0 unspecified atom stereocenters. The SMILES string of the molecule is CCNc1nnc(COCc2ccc(Br)cc2)s1. The minimum Gasteiger partial charge on any atom is -0.370 e. The molecule has 0 bridgehead atoms. The molecule has 2 rings (SSSR count). The van der Waals surface area contributed by atoms with Gasteiger partial charge in [-0.1, -0.05) is 39.4 Å². The second kappa shape index (κ2) is 6.82. The normalized spacial score (nSPS) is 10.6. The molecule has 1 aromatic carbocycles. The van der Waals surface area contributed by atoms with Crippen LogP contribution in [0, 0.1) is 0 Å². The maximum Gasteiger partial charge on any atom is 0.205 e. The highest BCUT2D eigenvalue weighted by atomic mass is 79.9. The van der Waals surface area contributed by atoms with E-state index in [0.717, 1.165) is 26.7 Å². The van der Waals surface area contributed by atoms with Gasteiger partial charge in [0.1, 0.15) is 11.6 Å². The van der Waals surface area contributed by atoms with Crippen LogP contribution < -0.4 is 5.32 Å². The van der Waals surface area contributed by atoms with E-state index in [1.807, 2.05) is 31.2 Å². The van der Waals surface area contributed by atoms with Crippen molar-refractivity contribution in [1.29, 1.82) is 0 Å². The first kappa shape index (κ1) is 13.5. The maximum absolute atomic E-state index is 5.60. The molecule has 0 spiro atoms. The molecule has 1 aromatic heterocycles. The Morgan fingerprint density at radius 3 is 2.72 bits per heavy atom. The summed E-state index contributed by atoms with van der Waals surface area (Å²) in [7, 11) is 0. The van der Waals surface area contributed by atoms with E-state index in [4.69, 9.17) is 4.74 Å². The summed E-state index contributed by atoms with van der Waals surface area (Å²) in [4.78, 5) is 0. The van der Waals surface area contributed by atoms with Crippen molar-refractivity contribution in [3.05, 3.63) is 39.3 Å². The molecular formula is C12H14BrN3OS. The fraction of sp³-hybridized carbons (Fsp3) is 0.333. The lowest BCUT2D eigenvalue weighted by Crippen LogP contribution is -1.94. The molecule has 0 atom stereocenters. The molecule has 0 amide bonds. The van der Waals surface area contributed by atoms with Crippen LogP contribution in [0.25, 0.3) is 0 Å². The topological polar surface area (TPSA) is 47.0 Å². The van der Waals surface area contributed by atoms with E-state index in [0.29, 0.717) is 13.2 Å². The van der Waals surface area contributed by atoms with Crippen molar-refractivity contribution in [1.82, 2.24) is 10.2 Å². The quantitative estimate of drug-likeness (QED) is 0.882. The van der Waals surface area contributed by atoms with E-state index >= 15 is 0 Å². The Balaban J connectivity index is 1.79. The van der Waals surface area contributed by atoms with Gasteiger partial charge in [-0.15, -0.1) is 10.2 Å². The summed E-state index contributed by atoms with van der Waals surface area (Å²) >= 11 is 4.93. The number of nitrogens with one attached hydrogen (secondary N) is 1. The van der Waals surface area contributed by atoms with E-state index in [2.05, 4.69) is 31.4 Å². The van der Waals surface area contributed by atoms with Crippen LogP contribution in [0.5, 0.6) is 0 Å². The summed E-state index contributed by atoms with van der Waals surface area (Å²) in [6.07, 6.45) is 0. The third-order valence-corrected chi connectivity index (χ3v) is 3.59. The number of benzene rings is 1. The van der Waals surface area contributed by atoms with Crippen molar-refractivity contribution in [3.8, 4) is 0 Å². The van der Waals surface area contributed by atoms with Crippen molar-refractivity contribution in [2.45, 2.75) is 20.1 Å². The molecule has 96 valence electrons. The van der Waals surface area contributed by atoms with Crippen molar-refractivity contribution in [3.63, 3.8) is 0 Å². The smallest absolute Gasteiger partial charge is 0.205 e. The van der Waals surface area contributed by atoms with Gasteiger partial charge in [-0.25, -0.2) is 0 Å². The van der Waals surface area contributed by atoms with Crippen LogP contribution in [0.2, 0.25) is 0 Å². The highest BCUT2D eigenvalue weighted by molar-refractivity contribution is 9.10. The van der Waals surface area contributed by atoms with Gasteiger partial charge in [0, 0.05) is 11.0 Å². The Morgan fingerprint density at radius 2 is 2.00 bits per heavy atom. The van der Waals surface area contributed by atoms with Crippen LogP contribution in [0.1, 0.15) is 17.5 Å². The highest BCUT2D eigenvalue weighted by Crippen LogP contribution is 2.16. The molecule has 6 heteroatoms. The van der Waals surface area contributed by atoms with Crippen molar-refractivity contribution in [2.24, 2.45) is 0 Å². The first-order chi connectivity index (χ1) is 8.78. The Labute approximate surface area is 119 Å². The predicted octanol–water partition coefficient (Wildman–Crippen LogP) is 3.45. The minimum atomic E-state index is 0.499. The molecule has 0 aliphatic carbocycles. The molecule has 0 radical (unpaired) electrons. The summed E-state index contributed by atoms with van der Waals surface area (Å²) in [5, 5.41) is 12.9. The van der Waals surface area contributed by atoms with Gasteiger partial charge >= 0.3 is 0 Å². The summed E-state index contributed by atoms with van der Waals surface area (Å²) in [5.74, 6) is 0. The standard InChI is InChI=1S/C12H14BrN3OS/c1-2-14-12-16-15-11(18-12)8-17-7-9-3-5-10(13)6-4-9/h3-6H,2,7-8H2,1H3,(H,14,16). The number of ether oxygens (including phenoxy) is 1. The van der Waals surface area contributed by atoms with Crippen molar-refractivity contribution >= 4 is 32.4 Å². The van der Waals surface area contributed by atoms with Gasteiger partial charge in [-0.2, -0.15) is 0 Å². The second-order valence-corrected chi connectivity index (χ2v) is 5.63. The Morgan fingerprint density at radius 1 is 1.22 bits per heavy atom. The third-order valence-electron chi connectivity index (χ3n) is 2.20. The van der Waals surface area contributed by atoms with Crippen molar-refractivity contribution in [2.75, 3.05) is 11.9 Å². The van der Waals surface area contributed by atoms with Gasteiger partial charge in [-0.05, 0) is 24.6 Å². The molecule has 1 heterocycles. The summed E-state index contributed by atoms with van der Waals surface area (Å²) in [6, 6.07) is 8.09. The summed E-state index contributed by atoms with van der Waals surface area (Å²) in [5.41, 5.74) is 1.15. The average Bonchev–Trinajstić information content (AvgIpc) is 2.80. The Bertz CT molecular complexity index is 486. The van der Waals surface area contributed by atoms with E-state index < -0.39 is 0 Å². The molecule has 18 heavy (non-hydrogen) atoms. The van der Waals surface area contributed by atoms with Gasteiger partial charge in [0.15, 0.2) is 0 Å². The number of rotatable bonds is 6. The zero-order chi connectivity index (χ0) is 12.8. The van der Waals surface area contributed by atoms with Gasteiger partial charge in [-0.3, -0.25) is 0 Å².